The van der Waals surface area contributed by atoms with E-state index in [2.05, 4.69) is 93.2 Å². The third kappa shape index (κ3) is 6.91. The summed E-state index contributed by atoms with van der Waals surface area (Å²) in [4.78, 5) is 11.7. The van der Waals surface area contributed by atoms with Crippen molar-refractivity contribution in [3.05, 3.63) is 53.9 Å². The van der Waals surface area contributed by atoms with Gasteiger partial charge in [0.05, 0.1) is 6.54 Å². The zero-order chi connectivity index (χ0) is 20.6. The number of anilines is 1. The summed E-state index contributed by atoms with van der Waals surface area (Å²) in [6.07, 6.45) is 3.21. The predicted molar refractivity (Wildman–Crippen MR) is 138 cm³/mol. The number of nitrogens with zero attached hydrogens (tertiary/aromatic N) is 5. The molecule has 166 valence electrons. The van der Waals surface area contributed by atoms with E-state index in [1.807, 2.05) is 7.05 Å². The molecular weight excluding hydrogens is 487 g/mol. The topological polar surface area (TPSA) is 39.0 Å². The first-order valence-corrected chi connectivity index (χ1v) is 10.6. The Bertz CT molecular complexity index is 794. The molecule has 0 aliphatic carbocycles. The molecule has 0 radical (unpaired) electrons. The van der Waals surface area contributed by atoms with Gasteiger partial charge in [-0.1, -0.05) is 12.1 Å². The number of rotatable bonds is 7. The Hall–Kier alpha value is -1.74. The zero-order valence-corrected chi connectivity index (χ0v) is 21.2. The number of aliphatic imine (C=N–C) groups is 1. The smallest absolute Gasteiger partial charge is 0.193 e. The fourth-order valence-electron chi connectivity index (χ4n) is 3.92. The molecule has 3 rings (SSSR count). The Balaban J connectivity index is 0.00000320. The number of aryl methyl sites for hydroxylation is 2. The molecule has 0 bridgehead atoms. The molecule has 1 aromatic carbocycles. The SMILES string of the molecule is CN=C(NCCCN1CCN(c2cccc(C)c2)CC1)N(C)Cc1cccn1C.I. The van der Waals surface area contributed by atoms with Gasteiger partial charge < -0.3 is 19.7 Å². The molecule has 30 heavy (non-hydrogen) atoms. The number of nitrogens with one attached hydrogen (secondary N) is 1. The first kappa shape index (κ1) is 24.5. The molecule has 1 aromatic heterocycles. The van der Waals surface area contributed by atoms with Gasteiger partial charge in [0.25, 0.3) is 0 Å². The minimum absolute atomic E-state index is 0. The van der Waals surface area contributed by atoms with E-state index >= 15 is 0 Å². The van der Waals surface area contributed by atoms with E-state index in [0.29, 0.717) is 0 Å². The summed E-state index contributed by atoms with van der Waals surface area (Å²) in [6, 6.07) is 13.1. The van der Waals surface area contributed by atoms with Gasteiger partial charge >= 0.3 is 0 Å². The van der Waals surface area contributed by atoms with Crippen LogP contribution in [0.5, 0.6) is 0 Å². The quantitative estimate of drug-likeness (QED) is 0.262. The molecule has 2 heterocycles. The Morgan fingerprint density at radius 1 is 1.13 bits per heavy atom. The predicted octanol–water partition coefficient (Wildman–Crippen LogP) is 3.17. The second-order valence-electron chi connectivity index (χ2n) is 7.96. The molecule has 1 aliphatic heterocycles. The van der Waals surface area contributed by atoms with Crippen molar-refractivity contribution in [1.82, 2.24) is 19.7 Å². The minimum atomic E-state index is 0. The van der Waals surface area contributed by atoms with Gasteiger partial charge in [-0.25, -0.2) is 0 Å². The Kier molecular flexibility index (Phi) is 9.97. The van der Waals surface area contributed by atoms with E-state index in [0.717, 1.165) is 58.2 Å². The average molecular weight is 524 g/mol. The van der Waals surface area contributed by atoms with Crippen LogP contribution in [-0.4, -0.2) is 73.7 Å². The van der Waals surface area contributed by atoms with Crippen LogP contribution in [0.25, 0.3) is 0 Å². The van der Waals surface area contributed by atoms with Gasteiger partial charge in [0, 0.05) is 71.4 Å². The maximum atomic E-state index is 4.44. The van der Waals surface area contributed by atoms with Crippen molar-refractivity contribution in [3.63, 3.8) is 0 Å². The van der Waals surface area contributed by atoms with Gasteiger partial charge in [0.2, 0.25) is 0 Å². The molecule has 0 unspecified atom stereocenters. The lowest BCUT2D eigenvalue weighted by Crippen LogP contribution is -2.47. The van der Waals surface area contributed by atoms with Crippen LogP contribution in [0.15, 0.2) is 47.6 Å². The van der Waals surface area contributed by atoms with E-state index in [1.54, 1.807) is 0 Å². The third-order valence-electron chi connectivity index (χ3n) is 5.70. The van der Waals surface area contributed by atoms with Crippen LogP contribution in [0.1, 0.15) is 17.7 Å². The normalized spacial score (nSPS) is 15.1. The van der Waals surface area contributed by atoms with Crippen molar-refractivity contribution in [1.29, 1.82) is 0 Å². The summed E-state index contributed by atoms with van der Waals surface area (Å²) >= 11 is 0. The summed E-state index contributed by atoms with van der Waals surface area (Å²) in [5, 5.41) is 3.51. The van der Waals surface area contributed by atoms with Gasteiger partial charge in [-0.2, -0.15) is 0 Å². The largest absolute Gasteiger partial charge is 0.369 e. The average Bonchev–Trinajstić information content (AvgIpc) is 3.13. The number of aromatic nitrogens is 1. The van der Waals surface area contributed by atoms with E-state index < -0.39 is 0 Å². The maximum absolute atomic E-state index is 4.44. The highest BCUT2D eigenvalue weighted by molar-refractivity contribution is 14.0. The summed E-state index contributed by atoms with van der Waals surface area (Å²) in [7, 11) is 6.03. The lowest BCUT2D eigenvalue weighted by molar-refractivity contribution is 0.255. The molecule has 7 heteroatoms. The number of hydrogen-bond donors (Lipinski definition) is 1. The van der Waals surface area contributed by atoms with Crippen molar-refractivity contribution < 1.29 is 0 Å². The van der Waals surface area contributed by atoms with Crippen LogP contribution in [0, 0.1) is 6.92 Å². The van der Waals surface area contributed by atoms with E-state index in [-0.39, 0.29) is 24.0 Å². The van der Waals surface area contributed by atoms with Crippen LogP contribution in [-0.2, 0) is 13.6 Å². The highest BCUT2D eigenvalue weighted by Gasteiger charge is 2.17. The molecule has 1 aliphatic rings. The van der Waals surface area contributed by atoms with Crippen molar-refractivity contribution in [2.45, 2.75) is 19.9 Å². The van der Waals surface area contributed by atoms with Gasteiger partial charge in [-0.3, -0.25) is 9.89 Å². The number of benzene rings is 1. The molecule has 0 atom stereocenters. The molecule has 1 saturated heterocycles. The lowest BCUT2D eigenvalue weighted by Gasteiger charge is -2.36. The van der Waals surface area contributed by atoms with Crippen molar-refractivity contribution in [2.24, 2.45) is 12.0 Å². The monoisotopic (exact) mass is 524 g/mol. The molecule has 1 N–H and O–H groups in total. The number of piperazine rings is 1. The molecule has 0 spiro atoms. The number of halogens is 1. The van der Waals surface area contributed by atoms with Crippen molar-refractivity contribution in [2.75, 3.05) is 58.3 Å². The van der Waals surface area contributed by atoms with Crippen molar-refractivity contribution in [3.8, 4) is 0 Å². The summed E-state index contributed by atoms with van der Waals surface area (Å²) < 4.78 is 2.15. The Labute approximate surface area is 199 Å². The van der Waals surface area contributed by atoms with Crippen molar-refractivity contribution >= 4 is 35.6 Å². The summed E-state index contributed by atoms with van der Waals surface area (Å²) in [5.41, 5.74) is 3.97. The second kappa shape index (κ2) is 12.2. The maximum Gasteiger partial charge on any atom is 0.193 e. The molecule has 6 nitrogen and oxygen atoms in total. The highest BCUT2D eigenvalue weighted by atomic mass is 127. The molecule has 1 fully saturated rings. The highest BCUT2D eigenvalue weighted by Crippen LogP contribution is 2.17. The first-order chi connectivity index (χ1) is 14.1. The van der Waals surface area contributed by atoms with Crippen LogP contribution in [0.3, 0.4) is 0 Å². The fraction of sp³-hybridized carbons (Fsp3) is 0.522. The van der Waals surface area contributed by atoms with Gasteiger partial charge in [-0.15, -0.1) is 24.0 Å². The van der Waals surface area contributed by atoms with E-state index in [9.17, 15) is 0 Å². The first-order valence-electron chi connectivity index (χ1n) is 10.6. The molecule has 0 amide bonds. The number of hydrogen-bond acceptors (Lipinski definition) is 3. The van der Waals surface area contributed by atoms with Crippen LogP contribution < -0.4 is 10.2 Å². The fourth-order valence-corrected chi connectivity index (χ4v) is 3.92. The molecular formula is C23H37IN6. The van der Waals surface area contributed by atoms with Gasteiger partial charge in [0.15, 0.2) is 5.96 Å². The number of guanidine groups is 1. The van der Waals surface area contributed by atoms with Gasteiger partial charge in [0.1, 0.15) is 0 Å². The van der Waals surface area contributed by atoms with Crippen LogP contribution >= 0.6 is 24.0 Å². The minimum Gasteiger partial charge on any atom is -0.369 e. The van der Waals surface area contributed by atoms with E-state index in [4.69, 9.17) is 0 Å². The summed E-state index contributed by atoms with van der Waals surface area (Å²) in [5.74, 6) is 0.954. The van der Waals surface area contributed by atoms with Gasteiger partial charge in [-0.05, 0) is 49.7 Å². The zero-order valence-electron chi connectivity index (χ0n) is 18.8. The standard InChI is InChI=1S/C23H36N6.HI/c1-20-8-5-9-21(18-20)29-16-14-28(15-17-29)13-7-11-25-23(24-2)27(4)19-22-10-6-12-26(22)3;/h5-6,8-10,12,18H,7,11,13-17,19H2,1-4H3,(H,24,25);1H. The Morgan fingerprint density at radius 3 is 2.53 bits per heavy atom. The van der Waals surface area contributed by atoms with Crippen LogP contribution in [0.2, 0.25) is 0 Å². The molecule has 2 aromatic rings. The third-order valence-corrected chi connectivity index (χ3v) is 5.70. The summed E-state index contributed by atoms with van der Waals surface area (Å²) in [6.45, 7) is 9.58. The van der Waals surface area contributed by atoms with Crippen LogP contribution in [0.4, 0.5) is 5.69 Å². The lowest BCUT2D eigenvalue weighted by atomic mass is 10.2. The Morgan fingerprint density at radius 2 is 1.90 bits per heavy atom. The second-order valence-corrected chi connectivity index (χ2v) is 7.96. The molecule has 0 saturated carbocycles. The van der Waals surface area contributed by atoms with E-state index in [1.165, 1.54) is 16.9 Å².